The zero-order valence-corrected chi connectivity index (χ0v) is 17.1. The largest absolute Gasteiger partial charge is 0.394 e. The summed E-state index contributed by atoms with van der Waals surface area (Å²) in [5.41, 5.74) is 0.761. The fourth-order valence-corrected chi connectivity index (χ4v) is 4.44. The van der Waals surface area contributed by atoms with Crippen LogP contribution in [0.4, 0.5) is 0 Å². The Kier molecular flexibility index (Phi) is 11.3. The predicted molar refractivity (Wildman–Crippen MR) is 106 cm³/mol. The fourth-order valence-electron chi connectivity index (χ4n) is 4.44. The van der Waals surface area contributed by atoms with E-state index >= 15 is 0 Å². The van der Waals surface area contributed by atoms with E-state index in [0.29, 0.717) is 0 Å². The average molecular weight is 340 g/mol. The van der Waals surface area contributed by atoms with Crippen molar-refractivity contribution < 1.29 is 5.11 Å². The second-order valence-corrected chi connectivity index (χ2v) is 9.05. The van der Waals surface area contributed by atoms with Gasteiger partial charge < -0.3 is 10.4 Å². The van der Waals surface area contributed by atoms with E-state index < -0.39 is 0 Å². The van der Waals surface area contributed by atoms with Gasteiger partial charge in [-0.15, -0.1) is 0 Å². The molecule has 1 heterocycles. The monoisotopic (exact) mass is 339 g/mol. The Bertz CT molecular complexity index is 266. The highest BCUT2D eigenvalue weighted by Gasteiger charge is 2.36. The first-order chi connectivity index (χ1) is 11.5. The van der Waals surface area contributed by atoms with E-state index in [4.69, 9.17) is 5.11 Å². The summed E-state index contributed by atoms with van der Waals surface area (Å²) in [6.45, 7) is 10.8. The van der Waals surface area contributed by atoms with Gasteiger partial charge in [-0.25, -0.2) is 0 Å². The van der Waals surface area contributed by atoms with Crippen LogP contribution in [0.25, 0.3) is 0 Å². The van der Waals surface area contributed by atoms with Crippen molar-refractivity contribution in [3.8, 4) is 0 Å². The third-order valence-electron chi connectivity index (χ3n) is 6.20. The molecule has 0 aromatic heterocycles. The molecule has 24 heavy (non-hydrogen) atoms. The molecule has 0 unspecified atom stereocenters. The number of nitrogens with one attached hydrogen (secondary N) is 1. The molecule has 0 amide bonds. The summed E-state index contributed by atoms with van der Waals surface area (Å²) in [4.78, 5) is 0. The summed E-state index contributed by atoms with van der Waals surface area (Å²) in [7, 11) is 0. The maximum Gasteiger partial charge on any atom is 0.0483 e. The van der Waals surface area contributed by atoms with E-state index in [-0.39, 0.29) is 6.10 Å². The van der Waals surface area contributed by atoms with Crippen LogP contribution in [0.2, 0.25) is 0 Å². The van der Waals surface area contributed by atoms with Crippen molar-refractivity contribution in [2.24, 2.45) is 17.3 Å². The Morgan fingerprint density at radius 2 is 1.12 bits per heavy atom. The zero-order chi connectivity index (χ0) is 17.8. The number of piperidine rings is 1. The topological polar surface area (TPSA) is 32.3 Å². The van der Waals surface area contributed by atoms with Crippen LogP contribution >= 0.6 is 0 Å². The fraction of sp³-hybridized carbons (Fsp3) is 1.00. The van der Waals surface area contributed by atoms with E-state index in [9.17, 15) is 0 Å². The third kappa shape index (κ3) is 9.42. The number of aliphatic hydroxyl groups is 1. The van der Waals surface area contributed by atoms with Gasteiger partial charge in [-0.1, -0.05) is 52.4 Å². The molecule has 3 rings (SSSR count). The summed E-state index contributed by atoms with van der Waals surface area (Å²) < 4.78 is 0. The van der Waals surface area contributed by atoms with E-state index in [0.717, 1.165) is 17.3 Å². The van der Waals surface area contributed by atoms with Crippen LogP contribution in [0.1, 0.15) is 105 Å². The van der Waals surface area contributed by atoms with Crippen LogP contribution in [-0.4, -0.2) is 24.3 Å². The first-order valence-electron chi connectivity index (χ1n) is 10.8. The van der Waals surface area contributed by atoms with E-state index in [1.807, 2.05) is 0 Å². The summed E-state index contributed by atoms with van der Waals surface area (Å²) in [5.74, 6) is 1.93. The van der Waals surface area contributed by atoms with Crippen LogP contribution in [0.3, 0.4) is 0 Å². The van der Waals surface area contributed by atoms with Gasteiger partial charge in [0.25, 0.3) is 0 Å². The smallest absolute Gasteiger partial charge is 0.0483 e. The molecule has 1 aliphatic heterocycles. The second kappa shape index (κ2) is 12.3. The lowest BCUT2D eigenvalue weighted by atomic mass is 9.64. The van der Waals surface area contributed by atoms with Gasteiger partial charge in [0.15, 0.2) is 0 Å². The first kappa shape index (κ1) is 22.0. The second-order valence-electron chi connectivity index (χ2n) is 9.05. The molecule has 3 fully saturated rings. The summed E-state index contributed by atoms with van der Waals surface area (Å²) in [5, 5.41) is 11.5. The molecule has 0 radical (unpaired) electrons. The molecule has 2 N–H and O–H groups in total. The van der Waals surface area contributed by atoms with Crippen LogP contribution < -0.4 is 5.32 Å². The molecule has 0 bridgehead atoms. The molecule has 2 saturated carbocycles. The number of rotatable bonds is 1. The molecule has 2 aliphatic carbocycles. The summed E-state index contributed by atoms with van der Waals surface area (Å²) in [6.07, 6.45) is 17.7. The van der Waals surface area contributed by atoms with Crippen molar-refractivity contribution in [2.45, 2.75) is 111 Å². The molecule has 2 heteroatoms. The van der Waals surface area contributed by atoms with Crippen molar-refractivity contribution in [3.05, 3.63) is 0 Å². The minimum Gasteiger partial charge on any atom is -0.394 e. The minimum absolute atomic E-state index is 0.167. The van der Waals surface area contributed by atoms with E-state index in [2.05, 4.69) is 19.2 Å². The van der Waals surface area contributed by atoms with E-state index in [1.165, 1.54) is 90.1 Å². The molecule has 2 nitrogen and oxygen atoms in total. The lowest BCUT2D eigenvalue weighted by Gasteiger charge is -2.44. The third-order valence-corrected chi connectivity index (χ3v) is 6.20. The van der Waals surface area contributed by atoms with Crippen molar-refractivity contribution in [2.75, 3.05) is 13.1 Å². The van der Waals surface area contributed by atoms with Crippen LogP contribution in [0, 0.1) is 17.3 Å². The minimum atomic E-state index is -0.167. The van der Waals surface area contributed by atoms with Crippen LogP contribution in [0.5, 0.6) is 0 Å². The molecule has 144 valence electrons. The first-order valence-corrected chi connectivity index (χ1v) is 10.8. The van der Waals surface area contributed by atoms with Crippen molar-refractivity contribution in [1.29, 1.82) is 0 Å². The molecule has 1 spiro atoms. The van der Waals surface area contributed by atoms with Crippen LogP contribution in [-0.2, 0) is 0 Å². The van der Waals surface area contributed by atoms with Gasteiger partial charge in [0.05, 0.1) is 0 Å². The zero-order valence-electron chi connectivity index (χ0n) is 17.1. The summed E-state index contributed by atoms with van der Waals surface area (Å²) in [6, 6.07) is 0. The molecule has 3 aliphatic rings. The molecule has 0 aromatic rings. The number of aliphatic hydroxyl groups excluding tert-OH is 1. The Morgan fingerprint density at radius 1 is 0.750 bits per heavy atom. The summed E-state index contributed by atoms with van der Waals surface area (Å²) >= 11 is 0. The van der Waals surface area contributed by atoms with Gasteiger partial charge in [-0.3, -0.25) is 0 Å². The SMILES string of the molecule is C1CCCCC1.CC(C)C1CCC2(CCNCC2)CC1.CC(C)O. The highest BCUT2D eigenvalue weighted by molar-refractivity contribution is 4.89. The Labute approximate surface area is 152 Å². The van der Waals surface area contributed by atoms with Gasteiger partial charge in [0, 0.05) is 6.10 Å². The van der Waals surface area contributed by atoms with Crippen molar-refractivity contribution in [3.63, 3.8) is 0 Å². The molecular weight excluding hydrogens is 294 g/mol. The van der Waals surface area contributed by atoms with E-state index in [1.54, 1.807) is 13.8 Å². The van der Waals surface area contributed by atoms with Crippen molar-refractivity contribution >= 4 is 0 Å². The van der Waals surface area contributed by atoms with Gasteiger partial charge in [-0.2, -0.15) is 0 Å². The average Bonchev–Trinajstić information content (AvgIpc) is 2.58. The Balaban J connectivity index is 0.000000238. The van der Waals surface area contributed by atoms with Crippen LogP contribution in [0.15, 0.2) is 0 Å². The normalized spacial score (nSPS) is 24.1. The number of hydrogen-bond donors (Lipinski definition) is 2. The highest BCUT2D eigenvalue weighted by Crippen LogP contribution is 2.46. The van der Waals surface area contributed by atoms with Gasteiger partial charge >= 0.3 is 0 Å². The predicted octanol–water partition coefficient (Wildman–Crippen LogP) is 5.93. The Morgan fingerprint density at radius 3 is 1.46 bits per heavy atom. The standard InChI is InChI=1S/C13H25N.C6H12.C3H8O/c1-11(2)12-3-5-13(6-4-12)7-9-14-10-8-13;1-2-4-6-5-3-1;1-3(2)4/h11-12,14H,3-10H2,1-2H3;1-6H2;3-4H,1-2H3. The highest BCUT2D eigenvalue weighted by atomic mass is 16.3. The maximum atomic E-state index is 8.06. The molecular formula is C22H45NO. The number of hydrogen-bond acceptors (Lipinski definition) is 2. The maximum absolute atomic E-state index is 8.06. The molecule has 0 atom stereocenters. The quantitative estimate of drug-likeness (QED) is 0.620. The van der Waals surface area contributed by atoms with Gasteiger partial charge in [0.2, 0.25) is 0 Å². The molecule has 1 saturated heterocycles. The van der Waals surface area contributed by atoms with Gasteiger partial charge in [-0.05, 0) is 82.7 Å². The molecule has 0 aromatic carbocycles. The Hall–Kier alpha value is -0.0800. The van der Waals surface area contributed by atoms with Gasteiger partial charge in [0.1, 0.15) is 0 Å². The lowest BCUT2D eigenvalue weighted by Crippen LogP contribution is -2.39. The lowest BCUT2D eigenvalue weighted by molar-refractivity contribution is 0.0900. The van der Waals surface area contributed by atoms with Crippen molar-refractivity contribution in [1.82, 2.24) is 5.32 Å².